The Kier molecular flexibility index (Phi) is 8.76. The molecule has 0 radical (unpaired) electrons. The summed E-state index contributed by atoms with van der Waals surface area (Å²) in [4.78, 5) is 25.3. The minimum Gasteiger partial charge on any atom is -0.493 e. The van der Waals surface area contributed by atoms with Crippen molar-refractivity contribution in [1.29, 1.82) is 0 Å². The predicted molar refractivity (Wildman–Crippen MR) is 145 cm³/mol. The largest absolute Gasteiger partial charge is 0.493 e. The molecule has 0 aromatic heterocycles. The number of thiocarbonyl (C=S) groups is 1. The molecule has 8 heteroatoms. The van der Waals surface area contributed by atoms with Crippen LogP contribution in [0, 0.1) is 0 Å². The van der Waals surface area contributed by atoms with Gasteiger partial charge in [-0.1, -0.05) is 84.6 Å². The first-order chi connectivity index (χ1) is 17.5. The third kappa shape index (κ3) is 6.96. The van der Waals surface area contributed by atoms with E-state index in [0.717, 1.165) is 35.1 Å². The lowest BCUT2D eigenvalue weighted by atomic mass is 10.1. The molecule has 1 fully saturated rings. The topological polar surface area (TPSA) is 76.1 Å². The first kappa shape index (κ1) is 25.5. The summed E-state index contributed by atoms with van der Waals surface area (Å²) in [5, 5.41) is 9.08. The van der Waals surface area contributed by atoms with E-state index in [-0.39, 0.29) is 4.32 Å². The second-order valence-electron chi connectivity index (χ2n) is 8.07. The van der Waals surface area contributed by atoms with Gasteiger partial charge in [0, 0.05) is 11.6 Å². The van der Waals surface area contributed by atoms with E-state index in [4.69, 9.17) is 26.8 Å². The van der Waals surface area contributed by atoms with E-state index >= 15 is 0 Å². The summed E-state index contributed by atoms with van der Waals surface area (Å²) >= 11 is 6.28. The maximum atomic E-state index is 12.7. The van der Waals surface area contributed by atoms with Crippen molar-refractivity contribution in [1.82, 2.24) is 4.90 Å². The maximum absolute atomic E-state index is 12.7. The fourth-order valence-electron chi connectivity index (χ4n) is 3.61. The third-order valence-electron chi connectivity index (χ3n) is 5.40. The fraction of sp³-hybridized carbons (Fsp3) is 0.179. The van der Waals surface area contributed by atoms with Gasteiger partial charge in [-0.15, -0.1) is 0 Å². The van der Waals surface area contributed by atoms with Gasteiger partial charge in [-0.2, -0.15) is 0 Å². The van der Waals surface area contributed by atoms with Crippen LogP contribution in [0.15, 0.2) is 83.8 Å². The summed E-state index contributed by atoms with van der Waals surface area (Å²) in [7, 11) is 0. The highest BCUT2D eigenvalue weighted by Crippen LogP contribution is 2.35. The molecule has 0 saturated carbocycles. The Morgan fingerprint density at radius 3 is 2.36 bits per heavy atom. The first-order valence-electron chi connectivity index (χ1n) is 11.4. The van der Waals surface area contributed by atoms with Crippen LogP contribution in [0.2, 0.25) is 0 Å². The van der Waals surface area contributed by atoms with E-state index < -0.39 is 18.4 Å². The Hall–Kier alpha value is -3.62. The van der Waals surface area contributed by atoms with E-state index in [1.54, 1.807) is 6.08 Å². The monoisotopic (exact) mass is 519 g/mol. The van der Waals surface area contributed by atoms with Crippen LogP contribution in [0.4, 0.5) is 0 Å². The number of aliphatic carboxylic acids is 1. The van der Waals surface area contributed by atoms with Crippen LogP contribution >= 0.6 is 24.0 Å². The average Bonchev–Trinajstić information content (AvgIpc) is 3.14. The summed E-state index contributed by atoms with van der Waals surface area (Å²) in [6.07, 6.45) is 3.48. The standard InChI is InChI=1S/C28H25NO5S2/c30-26(31)18-29-27(32)25(36-28(29)35)16-22-13-14-23(33-15-7-12-20-8-3-1-4-9-20)17-24(22)34-19-21-10-5-2-6-11-21/h1-6,8-11,13-14,16-17H,7,12,15,18-19H2,(H,30,31). The van der Waals surface area contributed by atoms with Crippen LogP contribution in [0.1, 0.15) is 23.1 Å². The van der Waals surface area contributed by atoms with Crippen LogP contribution in [0.3, 0.4) is 0 Å². The molecule has 1 aliphatic heterocycles. The highest BCUT2D eigenvalue weighted by Gasteiger charge is 2.33. The van der Waals surface area contributed by atoms with Gasteiger partial charge in [-0.05, 0) is 42.2 Å². The number of carbonyl (C=O) groups is 2. The van der Waals surface area contributed by atoms with Gasteiger partial charge in [0.15, 0.2) is 0 Å². The first-order valence-corrected chi connectivity index (χ1v) is 12.7. The lowest BCUT2D eigenvalue weighted by Gasteiger charge is -2.13. The van der Waals surface area contributed by atoms with E-state index in [1.807, 2.05) is 66.7 Å². The number of carbonyl (C=O) groups excluding carboxylic acids is 1. The van der Waals surface area contributed by atoms with Crippen molar-refractivity contribution in [2.75, 3.05) is 13.2 Å². The second kappa shape index (κ2) is 12.4. The smallest absolute Gasteiger partial charge is 0.323 e. The molecule has 0 unspecified atom stereocenters. The molecule has 1 N–H and O–H groups in total. The summed E-state index contributed by atoms with van der Waals surface area (Å²) in [5.74, 6) is -0.319. The number of amides is 1. The van der Waals surface area contributed by atoms with Gasteiger partial charge >= 0.3 is 5.97 Å². The molecule has 4 rings (SSSR count). The second-order valence-corrected chi connectivity index (χ2v) is 9.75. The molecule has 184 valence electrons. The highest BCUT2D eigenvalue weighted by atomic mass is 32.2. The summed E-state index contributed by atoms with van der Waals surface area (Å²) in [6, 6.07) is 25.5. The van der Waals surface area contributed by atoms with Gasteiger partial charge in [0.2, 0.25) is 0 Å². The number of carboxylic acid groups (broad SMARTS) is 1. The number of rotatable bonds is 11. The van der Waals surface area contributed by atoms with E-state index in [1.165, 1.54) is 5.56 Å². The van der Waals surface area contributed by atoms with Crippen LogP contribution in [0.25, 0.3) is 6.08 Å². The molecule has 6 nitrogen and oxygen atoms in total. The maximum Gasteiger partial charge on any atom is 0.323 e. The number of hydrogen-bond donors (Lipinski definition) is 1. The van der Waals surface area contributed by atoms with Crippen LogP contribution in [0.5, 0.6) is 11.5 Å². The Morgan fingerprint density at radius 2 is 1.67 bits per heavy atom. The minimum absolute atomic E-state index is 0.221. The fourth-order valence-corrected chi connectivity index (χ4v) is 4.85. The van der Waals surface area contributed by atoms with Crippen LogP contribution in [-0.2, 0) is 22.6 Å². The Bertz CT molecular complexity index is 1260. The van der Waals surface area contributed by atoms with Gasteiger partial charge in [-0.25, -0.2) is 0 Å². The minimum atomic E-state index is -1.12. The Balaban J connectivity index is 1.49. The molecule has 1 aliphatic rings. The molecule has 1 amide bonds. The Labute approximate surface area is 219 Å². The molecule has 36 heavy (non-hydrogen) atoms. The highest BCUT2D eigenvalue weighted by molar-refractivity contribution is 8.26. The zero-order valence-electron chi connectivity index (χ0n) is 19.5. The zero-order valence-corrected chi connectivity index (χ0v) is 21.1. The number of carboxylic acids is 1. The SMILES string of the molecule is O=C(O)CN1C(=O)C(=Cc2ccc(OCCCc3ccccc3)cc2OCc2ccccc2)SC1=S. The van der Waals surface area contributed by atoms with Crippen molar-refractivity contribution in [2.45, 2.75) is 19.4 Å². The molecule has 0 atom stereocenters. The van der Waals surface area contributed by atoms with Gasteiger partial charge < -0.3 is 14.6 Å². The van der Waals surface area contributed by atoms with Crippen molar-refractivity contribution in [3.63, 3.8) is 0 Å². The van der Waals surface area contributed by atoms with Crippen molar-refractivity contribution < 1.29 is 24.2 Å². The van der Waals surface area contributed by atoms with Gasteiger partial charge in [0.05, 0.1) is 11.5 Å². The summed E-state index contributed by atoms with van der Waals surface area (Å²) < 4.78 is 12.3. The van der Waals surface area contributed by atoms with Crippen LogP contribution in [-0.4, -0.2) is 39.4 Å². The van der Waals surface area contributed by atoms with E-state index in [9.17, 15) is 9.59 Å². The molecule has 1 saturated heterocycles. The van der Waals surface area contributed by atoms with Gasteiger partial charge in [0.1, 0.15) is 29.0 Å². The van der Waals surface area contributed by atoms with Gasteiger partial charge in [0.25, 0.3) is 5.91 Å². The number of hydrogen-bond acceptors (Lipinski definition) is 6. The third-order valence-corrected chi connectivity index (χ3v) is 6.77. The molecular formula is C28H25NO5S2. The lowest BCUT2D eigenvalue weighted by Crippen LogP contribution is -2.33. The number of thioether (sulfide) groups is 1. The number of nitrogens with zero attached hydrogens (tertiary/aromatic N) is 1. The number of ether oxygens (including phenoxy) is 2. The van der Waals surface area contributed by atoms with E-state index in [2.05, 4.69) is 12.1 Å². The molecule has 0 spiro atoms. The molecule has 1 heterocycles. The molecular weight excluding hydrogens is 494 g/mol. The quantitative estimate of drug-likeness (QED) is 0.202. The molecule has 0 bridgehead atoms. The zero-order chi connectivity index (χ0) is 25.3. The molecule has 3 aromatic rings. The normalized spacial score (nSPS) is 14.3. The number of benzene rings is 3. The lowest BCUT2D eigenvalue weighted by molar-refractivity contribution is -0.140. The average molecular weight is 520 g/mol. The molecule has 3 aromatic carbocycles. The summed E-state index contributed by atoms with van der Waals surface area (Å²) in [5.41, 5.74) is 2.95. The number of aryl methyl sites for hydroxylation is 1. The van der Waals surface area contributed by atoms with Crippen molar-refractivity contribution in [3.8, 4) is 11.5 Å². The van der Waals surface area contributed by atoms with Crippen molar-refractivity contribution in [2.24, 2.45) is 0 Å². The Morgan fingerprint density at radius 1 is 0.972 bits per heavy atom. The molecule has 0 aliphatic carbocycles. The summed E-state index contributed by atoms with van der Waals surface area (Å²) in [6.45, 7) is 0.439. The van der Waals surface area contributed by atoms with Crippen LogP contribution < -0.4 is 9.47 Å². The predicted octanol–water partition coefficient (Wildman–Crippen LogP) is 5.56. The van der Waals surface area contributed by atoms with Crippen molar-refractivity contribution >= 4 is 46.3 Å². The van der Waals surface area contributed by atoms with E-state index in [0.29, 0.717) is 35.2 Å². The van der Waals surface area contributed by atoms with Gasteiger partial charge in [-0.3, -0.25) is 14.5 Å². The van der Waals surface area contributed by atoms with Crippen molar-refractivity contribution in [3.05, 3.63) is 100 Å².